The minimum atomic E-state index is 0.321. The zero-order valence-corrected chi connectivity index (χ0v) is 11.5. The van der Waals surface area contributed by atoms with E-state index < -0.39 is 0 Å². The first-order chi connectivity index (χ1) is 8.19. The van der Waals surface area contributed by atoms with Crippen LogP contribution in [0.5, 0.6) is 0 Å². The van der Waals surface area contributed by atoms with E-state index in [1.54, 1.807) is 11.3 Å². The number of rotatable bonds is 4. The van der Waals surface area contributed by atoms with Gasteiger partial charge >= 0.3 is 0 Å². The SMILES string of the molecule is NCC(Cc1ccc(Cl)s1)c1ccc(Cl)cc1. The Morgan fingerprint density at radius 2 is 1.76 bits per heavy atom. The highest BCUT2D eigenvalue weighted by Crippen LogP contribution is 2.27. The molecule has 1 nitrogen and oxygen atoms in total. The van der Waals surface area contributed by atoms with E-state index in [1.165, 1.54) is 10.4 Å². The molecule has 2 rings (SSSR count). The summed E-state index contributed by atoms with van der Waals surface area (Å²) in [7, 11) is 0. The van der Waals surface area contributed by atoms with Crippen LogP contribution in [0.25, 0.3) is 0 Å². The fourth-order valence-electron chi connectivity index (χ4n) is 1.78. The van der Waals surface area contributed by atoms with E-state index in [1.807, 2.05) is 30.3 Å². The lowest BCUT2D eigenvalue weighted by Gasteiger charge is -2.14. The Morgan fingerprint density at radius 3 is 2.29 bits per heavy atom. The van der Waals surface area contributed by atoms with Gasteiger partial charge in [-0.15, -0.1) is 11.3 Å². The van der Waals surface area contributed by atoms with Crippen molar-refractivity contribution in [2.75, 3.05) is 6.54 Å². The van der Waals surface area contributed by atoms with Gasteiger partial charge in [0.05, 0.1) is 4.34 Å². The molecule has 0 spiro atoms. The second-order valence-corrected chi connectivity index (χ2v) is 6.13. The number of nitrogens with two attached hydrogens (primary N) is 1. The summed E-state index contributed by atoms with van der Waals surface area (Å²) in [6.45, 7) is 0.622. The van der Waals surface area contributed by atoms with Crippen molar-refractivity contribution in [1.82, 2.24) is 0 Å². The van der Waals surface area contributed by atoms with E-state index in [0.29, 0.717) is 12.5 Å². The van der Waals surface area contributed by atoms with E-state index in [2.05, 4.69) is 6.07 Å². The van der Waals surface area contributed by atoms with E-state index in [-0.39, 0.29) is 0 Å². The standard InChI is InChI=1S/C13H13Cl2NS/c14-11-3-1-9(2-4-11)10(8-16)7-12-5-6-13(15)17-12/h1-6,10H,7-8,16H2. The minimum absolute atomic E-state index is 0.321. The first-order valence-electron chi connectivity index (χ1n) is 5.39. The molecule has 0 fully saturated rings. The van der Waals surface area contributed by atoms with Crippen molar-refractivity contribution >= 4 is 34.5 Å². The van der Waals surface area contributed by atoms with Gasteiger partial charge in [0.2, 0.25) is 0 Å². The lowest BCUT2D eigenvalue weighted by atomic mass is 9.95. The minimum Gasteiger partial charge on any atom is -0.330 e. The van der Waals surface area contributed by atoms with E-state index in [4.69, 9.17) is 28.9 Å². The summed E-state index contributed by atoms with van der Waals surface area (Å²) in [5.41, 5.74) is 7.06. The van der Waals surface area contributed by atoms with Crippen LogP contribution in [0.2, 0.25) is 9.36 Å². The van der Waals surface area contributed by atoms with Gasteiger partial charge in [-0.1, -0.05) is 35.3 Å². The number of hydrogen-bond donors (Lipinski definition) is 1. The first kappa shape index (κ1) is 12.9. The fourth-order valence-corrected chi connectivity index (χ4v) is 3.07. The molecular weight excluding hydrogens is 273 g/mol. The molecule has 0 aliphatic heterocycles. The highest BCUT2D eigenvalue weighted by Gasteiger charge is 2.11. The third-order valence-electron chi connectivity index (χ3n) is 2.70. The third kappa shape index (κ3) is 3.46. The maximum atomic E-state index is 5.92. The molecule has 1 atom stereocenters. The van der Waals surface area contributed by atoms with Gasteiger partial charge in [-0.25, -0.2) is 0 Å². The quantitative estimate of drug-likeness (QED) is 0.889. The van der Waals surface area contributed by atoms with Gasteiger partial charge in [0, 0.05) is 15.8 Å². The molecule has 1 unspecified atom stereocenters. The van der Waals surface area contributed by atoms with Gasteiger partial charge in [0.25, 0.3) is 0 Å². The molecular formula is C13H13Cl2NS. The van der Waals surface area contributed by atoms with Gasteiger partial charge in [-0.2, -0.15) is 0 Å². The van der Waals surface area contributed by atoms with Crippen molar-refractivity contribution in [2.24, 2.45) is 5.73 Å². The Hall–Kier alpha value is -0.540. The topological polar surface area (TPSA) is 26.0 Å². The van der Waals surface area contributed by atoms with Crippen LogP contribution in [-0.4, -0.2) is 6.54 Å². The Bertz CT molecular complexity index is 478. The molecule has 2 aromatic rings. The van der Waals surface area contributed by atoms with Crippen LogP contribution in [-0.2, 0) is 6.42 Å². The molecule has 0 bridgehead atoms. The van der Waals surface area contributed by atoms with Gasteiger partial charge in [0.1, 0.15) is 0 Å². The summed E-state index contributed by atoms with van der Waals surface area (Å²) in [6, 6.07) is 11.9. The molecule has 0 aliphatic carbocycles. The number of halogens is 2. The van der Waals surface area contributed by atoms with Crippen molar-refractivity contribution in [1.29, 1.82) is 0 Å². The summed E-state index contributed by atoms with van der Waals surface area (Å²) in [5, 5.41) is 0.753. The molecule has 2 N–H and O–H groups in total. The summed E-state index contributed by atoms with van der Waals surface area (Å²) in [5.74, 6) is 0.321. The Kier molecular flexibility index (Phi) is 4.46. The average molecular weight is 286 g/mol. The van der Waals surface area contributed by atoms with Gasteiger partial charge in [-0.3, -0.25) is 0 Å². The average Bonchev–Trinajstić information content (AvgIpc) is 2.73. The lowest BCUT2D eigenvalue weighted by molar-refractivity contribution is 0.701. The summed E-state index contributed by atoms with van der Waals surface area (Å²) >= 11 is 13.4. The molecule has 0 saturated heterocycles. The normalized spacial score (nSPS) is 12.6. The monoisotopic (exact) mass is 285 g/mol. The zero-order chi connectivity index (χ0) is 12.3. The Morgan fingerprint density at radius 1 is 1.06 bits per heavy atom. The van der Waals surface area contributed by atoms with Gasteiger partial charge < -0.3 is 5.73 Å². The van der Waals surface area contributed by atoms with Crippen LogP contribution >= 0.6 is 34.5 Å². The maximum absolute atomic E-state index is 5.92. The smallest absolute Gasteiger partial charge is 0.0931 e. The van der Waals surface area contributed by atoms with Crippen molar-refractivity contribution < 1.29 is 0 Å². The molecule has 0 saturated carbocycles. The van der Waals surface area contributed by atoms with Gasteiger partial charge in [-0.05, 0) is 42.8 Å². The molecule has 1 aromatic heterocycles. The molecule has 1 aromatic carbocycles. The maximum Gasteiger partial charge on any atom is 0.0931 e. The fraction of sp³-hybridized carbons (Fsp3) is 0.231. The van der Waals surface area contributed by atoms with Crippen molar-refractivity contribution in [3.05, 3.63) is 56.2 Å². The molecule has 0 radical (unpaired) electrons. The predicted molar refractivity (Wildman–Crippen MR) is 76.3 cm³/mol. The van der Waals surface area contributed by atoms with Crippen LogP contribution in [0.3, 0.4) is 0 Å². The second-order valence-electron chi connectivity index (χ2n) is 3.89. The largest absolute Gasteiger partial charge is 0.330 e. The van der Waals surface area contributed by atoms with E-state index in [0.717, 1.165) is 15.8 Å². The highest BCUT2D eigenvalue weighted by atomic mass is 35.5. The summed E-state index contributed by atoms with van der Waals surface area (Å²) in [6.07, 6.45) is 0.926. The van der Waals surface area contributed by atoms with E-state index in [9.17, 15) is 0 Å². The molecule has 0 amide bonds. The highest BCUT2D eigenvalue weighted by molar-refractivity contribution is 7.16. The number of benzene rings is 1. The van der Waals surface area contributed by atoms with Crippen LogP contribution in [0.4, 0.5) is 0 Å². The molecule has 4 heteroatoms. The van der Waals surface area contributed by atoms with Crippen molar-refractivity contribution in [3.63, 3.8) is 0 Å². The number of hydrogen-bond acceptors (Lipinski definition) is 2. The van der Waals surface area contributed by atoms with Crippen molar-refractivity contribution in [2.45, 2.75) is 12.3 Å². The van der Waals surface area contributed by atoms with Crippen LogP contribution < -0.4 is 5.73 Å². The molecule has 1 heterocycles. The van der Waals surface area contributed by atoms with E-state index >= 15 is 0 Å². The zero-order valence-electron chi connectivity index (χ0n) is 9.20. The first-order valence-corrected chi connectivity index (χ1v) is 6.96. The van der Waals surface area contributed by atoms with Crippen LogP contribution in [0.15, 0.2) is 36.4 Å². The summed E-state index contributed by atoms with van der Waals surface area (Å²) < 4.78 is 0.826. The van der Waals surface area contributed by atoms with Crippen LogP contribution in [0, 0.1) is 0 Å². The van der Waals surface area contributed by atoms with Crippen LogP contribution in [0.1, 0.15) is 16.4 Å². The Labute approximate surface area is 115 Å². The Balaban J connectivity index is 2.13. The summed E-state index contributed by atoms with van der Waals surface area (Å²) in [4.78, 5) is 1.26. The third-order valence-corrected chi connectivity index (χ3v) is 4.21. The van der Waals surface area contributed by atoms with Crippen molar-refractivity contribution in [3.8, 4) is 0 Å². The second kappa shape index (κ2) is 5.87. The van der Waals surface area contributed by atoms with Gasteiger partial charge in [0.15, 0.2) is 0 Å². The molecule has 90 valence electrons. The molecule has 17 heavy (non-hydrogen) atoms. The lowest BCUT2D eigenvalue weighted by Crippen LogP contribution is -2.14. The number of thiophene rings is 1. The molecule has 0 aliphatic rings. The predicted octanol–water partition coefficient (Wildman–Crippen LogP) is 4.34.